The van der Waals surface area contributed by atoms with Crippen LogP contribution in [0.4, 0.5) is 5.69 Å². The number of rotatable bonds is 3. The molecule has 1 amide bonds. The first-order chi connectivity index (χ1) is 10.2. The third-order valence-electron chi connectivity index (χ3n) is 3.79. The number of nitrogens with zero attached hydrogens (tertiary/aromatic N) is 1. The zero-order valence-corrected chi connectivity index (χ0v) is 11.9. The van der Waals surface area contributed by atoms with Crippen LogP contribution in [0.15, 0.2) is 60.7 Å². The number of β-lactam (4-membered cyclic amide) rings is 1. The maximum absolute atomic E-state index is 12.0. The summed E-state index contributed by atoms with van der Waals surface area (Å²) < 4.78 is 0. The van der Waals surface area contributed by atoms with Crippen molar-refractivity contribution in [2.75, 3.05) is 4.90 Å². The Kier molecular flexibility index (Phi) is 3.59. The first-order valence-corrected chi connectivity index (χ1v) is 7.05. The molecule has 0 aliphatic carbocycles. The van der Waals surface area contributed by atoms with Crippen LogP contribution in [0.3, 0.4) is 0 Å². The van der Waals surface area contributed by atoms with Gasteiger partial charge in [0, 0.05) is 5.69 Å². The van der Waals surface area contributed by atoms with Crippen molar-refractivity contribution in [3.05, 3.63) is 71.8 Å². The van der Waals surface area contributed by atoms with Crippen molar-refractivity contribution in [3.8, 4) is 0 Å². The molecule has 2 atom stereocenters. The quantitative estimate of drug-likeness (QED) is 0.878. The van der Waals surface area contributed by atoms with E-state index in [1.54, 1.807) is 4.90 Å². The molecule has 106 valence electrons. The van der Waals surface area contributed by atoms with Crippen LogP contribution < -0.4 is 10.6 Å². The van der Waals surface area contributed by atoms with E-state index in [4.69, 9.17) is 5.73 Å². The van der Waals surface area contributed by atoms with Crippen molar-refractivity contribution in [1.29, 1.82) is 0 Å². The van der Waals surface area contributed by atoms with E-state index in [1.807, 2.05) is 73.7 Å². The molecule has 1 aliphatic rings. The van der Waals surface area contributed by atoms with Crippen molar-refractivity contribution >= 4 is 17.7 Å². The van der Waals surface area contributed by atoms with Gasteiger partial charge in [0.05, 0.1) is 6.04 Å². The van der Waals surface area contributed by atoms with E-state index < -0.39 is 6.04 Å². The van der Waals surface area contributed by atoms with Crippen LogP contribution in [0.5, 0.6) is 0 Å². The van der Waals surface area contributed by atoms with Crippen LogP contribution >= 0.6 is 0 Å². The molecule has 1 aliphatic heterocycles. The van der Waals surface area contributed by atoms with Gasteiger partial charge in [0.2, 0.25) is 5.91 Å². The topological polar surface area (TPSA) is 46.3 Å². The van der Waals surface area contributed by atoms with E-state index in [2.05, 4.69) is 0 Å². The summed E-state index contributed by atoms with van der Waals surface area (Å²) in [5.74, 6) is -0.0263. The number of nitrogens with two attached hydrogens (primary N) is 1. The molecule has 3 heteroatoms. The summed E-state index contributed by atoms with van der Waals surface area (Å²) in [7, 11) is 0. The normalized spacial score (nSPS) is 21.6. The summed E-state index contributed by atoms with van der Waals surface area (Å²) in [5, 5.41) is 0. The van der Waals surface area contributed by atoms with E-state index in [0.29, 0.717) is 0 Å². The van der Waals surface area contributed by atoms with E-state index in [9.17, 15) is 4.79 Å². The average molecular weight is 278 g/mol. The van der Waals surface area contributed by atoms with Crippen LogP contribution in [-0.2, 0) is 4.79 Å². The monoisotopic (exact) mass is 278 g/mol. The lowest BCUT2D eigenvalue weighted by Gasteiger charge is -2.43. The van der Waals surface area contributed by atoms with Crippen LogP contribution in [0.2, 0.25) is 0 Å². The molecule has 0 saturated carbocycles. The van der Waals surface area contributed by atoms with Gasteiger partial charge in [-0.2, -0.15) is 0 Å². The van der Waals surface area contributed by atoms with Crippen molar-refractivity contribution < 1.29 is 4.79 Å². The van der Waals surface area contributed by atoms with Crippen LogP contribution in [0.25, 0.3) is 6.08 Å². The number of benzene rings is 2. The predicted molar refractivity (Wildman–Crippen MR) is 85.9 cm³/mol. The minimum absolute atomic E-state index is 0.0263. The maximum Gasteiger partial charge on any atom is 0.247 e. The first kappa shape index (κ1) is 13.6. The fourth-order valence-electron chi connectivity index (χ4n) is 2.52. The molecule has 0 radical (unpaired) electrons. The second kappa shape index (κ2) is 5.54. The minimum atomic E-state index is -0.453. The van der Waals surface area contributed by atoms with Gasteiger partial charge in [-0.1, -0.05) is 60.2 Å². The SMILES string of the molecule is Cc1ccc(N2C(=O)[C@@H](N)[C@H]2/C=C/c2ccccc2)cc1. The molecular formula is C18H18N2O. The van der Waals surface area contributed by atoms with Gasteiger partial charge < -0.3 is 10.6 Å². The lowest BCUT2D eigenvalue weighted by molar-refractivity contribution is -0.125. The Morgan fingerprint density at radius 3 is 2.38 bits per heavy atom. The fraction of sp³-hybridized carbons (Fsp3) is 0.167. The first-order valence-electron chi connectivity index (χ1n) is 7.05. The highest BCUT2D eigenvalue weighted by Gasteiger charge is 2.44. The Balaban J connectivity index is 1.82. The predicted octanol–water partition coefficient (Wildman–Crippen LogP) is 2.75. The molecule has 1 saturated heterocycles. The van der Waals surface area contributed by atoms with Crippen molar-refractivity contribution in [1.82, 2.24) is 0 Å². The molecule has 3 rings (SSSR count). The van der Waals surface area contributed by atoms with Gasteiger partial charge in [-0.3, -0.25) is 4.79 Å². The standard InChI is InChI=1S/C18H18N2O/c1-13-7-10-15(11-8-13)20-16(17(19)18(20)21)12-9-14-5-3-2-4-6-14/h2-12,16-17H,19H2,1H3/b12-9+/t16-,17+/m1/s1. The molecule has 0 bridgehead atoms. The van der Waals surface area contributed by atoms with Crippen molar-refractivity contribution in [2.45, 2.75) is 19.0 Å². The molecule has 2 aromatic carbocycles. The smallest absolute Gasteiger partial charge is 0.247 e. The molecule has 2 aromatic rings. The summed E-state index contributed by atoms with van der Waals surface area (Å²) in [6.07, 6.45) is 4.01. The maximum atomic E-state index is 12.0. The zero-order chi connectivity index (χ0) is 14.8. The number of hydrogen-bond acceptors (Lipinski definition) is 2. The fourth-order valence-corrected chi connectivity index (χ4v) is 2.52. The second-order valence-electron chi connectivity index (χ2n) is 5.33. The highest BCUT2D eigenvalue weighted by atomic mass is 16.2. The van der Waals surface area contributed by atoms with Gasteiger partial charge in [-0.05, 0) is 24.6 Å². The third-order valence-corrected chi connectivity index (χ3v) is 3.79. The van der Waals surface area contributed by atoms with Gasteiger partial charge in [0.25, 0.3) is 0 Å². The van der Waals surface area contributed by atoms with Crippen LogP contribution in [0.1, 0.15) is 11.1 Å². The molecule has 0 aromatic heterocycles. The number of carbonyl (C=O) groups is 1. The van der Waals surface area contributed by atoms with Gasteiger partial charge in [-0.15, -0.1) is 0 Å². The molecule has 1 heterocycles. The van der Waals surface area contributed by atoms with Gasteiger partial charge in [0.15, 0.2) is 0 Å². The average Bonchev–Trinajstić information content (AvgIpc) is 2.53. The van der Waals surface area contributed by atoms with E-state index in [0.717, 1.165) is 11.3 Å². The zero-order valence-electron chi connectivity index (χ0n) is 11.9. The summed E-state index contributed by atoms with van der Waals surface area (Å²) in [6.45, 7) is 2.03. The van der Waals surface area contributed by atoms with Crippen molar-refractivity contribution in [2.24, 2.45) is 5.73 Å². The van der Waals surface area contributed by atoms with Gasteiger partial charge in [-0.25, -0.2) is 0 Å². The van der Waals surface area contributed by atoms with Crippen LogP contribution in [-0.4, -0.2) is 18.0 Å². The van der Waals surface area contributed by atoms with E-state index in [1.165, 1.54) is 5.56 Å². The number of anilines is 1. The lowest BCUT2D eigenvalue weighted by Crippen LogP contribution is -2.68. The number of hydrogen-bond donors (Lipinski definition) is 1. The summed E-state index contributed by atoms with van der Waals surface area (Å²) >= 11 is 0. The molecule has 0 spiro atoms. The number of aryl methyl sites for hydroxylation is 1. The van der Waals surface area contributed by atoms with Gasteiger partial charge in [0.1, 0.15) is 6.04 Å². The Morgan fingerprint density at radius 1 is 1.05 bits per heavy atom. The van der Waals surface area contributed by atoms with E-state index >= 15 is 0 Å². The molecule has 2 N–H and O–H groups in total. The summed E-state index contributed by atoms with van der Waals surface area (Å²) in [5.41, 5.74) is 9.12. The molecule has 3 nitrogen and oxygen atoms in total. The summed E-state index contributed by atoms with van der Waals surface area (Å²) in [4.78, 5) is 13.8. The summed E-state index contributed by atoms with van der Waals surface area (Å²) in [6, 6.07) is 17.4. The Labute approximate surface area is 124 Å². The van der Waals surface area contributed by atoms with Crippen molar-refractivity contribution in [3.63, 3.8) is 0 Å². The molecule has 0 unspecified atom stereocenters. The molecule has 21 heavy (non-hydrogen) atoms. The minimum Gasteiger partial charge on any atom is -0.318 e. The highest BCUT2D eigenvalue weighted by molar-refractivity contribution is 6.06. The highest BCUT2D eigenvalue weighted by Crippen LogP contribution is 2.28. The Morgan fingerprint density at radius 2 is 1.71 bits per heavy atom. The molecular weight excluding hydrogens is 260 g/mol. The Bertz CT molecular complexity index is 661. The largest absolute Gasteiger partial charge is 0.318 e. The second-order valence-corrected chi connectivity index (χ2v) is 5.33. The number of amides is 1. The van der Waals surface area contributed by atoms with Crippen LogP contribution in [0, 0.1) is 6.92 Å². The van der Waals surface area contributed by atoms with E-state index in [-0.39, 0.29) is 11.9 Å². The molecule has 1 fully saturated rings. The third kappa shape index (κ3) is 2.60. The Hall–Kier alpha value is -2.39. The lowest BCUT2D eigenvalue weighted by atomic mass is 9.93. The van der Waals surface area contributed by atoms with Gasteiger partial charge >= 0.3 is 0 Å². The number of carbonyl (C=O) groups excluding carboxylic acids is 1.